The largest absolute Gasteiger partial charge is 0.247 e. The first kappa shape index (κ1) is 17.7. The van der Waals surface area contributed by atoms with Gasteiger partial charge in [-0.2, -0.15) is 0 Å². The van der Waals surface area contributed by atoms with Crippen molar-refractivity contribution < 1.29 is 4.39 Å². The summed E-state index contributed by atoms with van der Waals surface area (Å²) >= 11 is 0. The summed E-state index contributed by atoms with van der Waals surface area (Å²) in [5.74, 6) is 0. The Morgan fingerprint density at radius 3 is 1.67 bits per heavy atom. The molecule has 0 bridgehead atoms. The summed E-state index contributed by atoms with van der Waals surface area (Å²) in [5.41, 5.74) is 0. The standard InChI is InChI=1S/C6H11F.C3H8.C2H6/c1-2-3-4-5-6-7;1-3-2;1-2/h4-5H,2-3,6H2,1H3;3H2,1-2H3;1-2H3/b5-4-;;. The van der Waals surface area contributed by atoms with Crippen molar-refractivity contribution in [3.8, 4) is 0 Å². The molecule has 0 aromatic carbocycles. The van der Waals surface area contributed by atoms with Crippen molar-refractivity contribution >= 4 is 0 Å². The van der Waals surface area contributed by atoms with E-state index in [-0.39, 0.29) is 6.67 Å². The third kappa shape index (κ3) is 54.0. The normalized spacial score (nSPS) is 8.17. The van der Waals surface area contributed by atoms with Crippen molar-refractivity contribution in [2.75, 3.05) is 6.67 Å². The highest BCUT2D eigenvalue weighted by molar-refractivity contribution is 4.79. The van der Waals surface area contributed by atoms with Gasteiger partial charge in [0.25, 0.3) is 0 Å². The van der Waals surface area contributed by atoms with E-state index in [1.54, 1.807) is 6.08 Å². The number of hydrogen-bond donors (Lipinski definition) is 0. The molecule has 0 amide bonds. The molecule has 12 heavy (non-hydrogen) atoms. The highest BCUT2D eigenvalue weighted by Crippen LogP contribution is 1.87. The van der Waals surface area contributed by atoms with Crippen LogP contribution in [0, 0.1) is 0 Å². The summed E-state index contributed by atoms with van der Waals surface area (Å²) in [5, 5.41) is 0. The van der Waals surface area contributed by atoms with Crippen molar-refractivity contribution in [1.82, 2.24) is 0 Å². The average Bonchev–Trinajstić information content (AvgIpc) is 2.11. The lowest BCUT2D eigenvalue weighted by atomic mass is 10.3. The summed E-state index contributed by atoms with van der Waals surface area (Å²) in [7, 11) is 0. The van der Waals surface area contributed by atoms with Gasteiger partial charge in [-0.3, -0.25) is 0 Å². The number of hydrogen-bond acceptors (Lipinski definition) is 0. The molecular formula is C11H25F. The highest BCUT2D eigenvalue weighted by Gasteiger charge is 1.69. The number of unbranched alkanes of at least 4 members (excludes halogenated alkanes) is 1. The van der Waals surface area contributed by atoms with Crippen LogP contribution in [0.25, 0.3) is 0 Å². The van der Waals surface area contributed by atoms with Crippen molar-refractivity contribution in [3.63, 3.8) is 0 Å². The molecule has 0 aliphatic carbocycles. The van der Waals surface area contributed by atoms with Crippen LogP contribution in [-0.4, -0.2) is 6.67 Å². The summed E-state index contributed by atoms with van der Waals surface area (Å²) in [4.78, 5) is 0. The first-order valence-electron chi connectivity index (χ1n) is 5.04. The quantitative estimate of drug-likeness (QED) is 0.544. The molecule has 0 N–H and O–H groups in total. The van der Waals surface area contributed by atoms with E-state index in [9.17, 15) is 4.39 Å². The minimum Gasteiger partial charge on any atom is -0.247 e. The van der Waals surface area contributed by atoms with Gasteiger partial charge in [-0.1, -0.05) is 59.6 Å². The Labute approximate surface area is 77.9 Å². The molecule has 0 aliphatic rings. The van der Waals surface area contributed by atoms with E-state index in [2.05, 4.69) is 20.8 Å². The second-order valence-corrected chi connectivity index (χ2v) is 2.12. The van der Waals surface area contributed by atoms with E-state index in [1.807, 2.05) is 19.9 Å². The third-order valence-corrected chi connectivity index (χ3v) is 0.711. The van der Waals surface area contributed by atoms with Crippen LogP contribution in [0.15, 0.2) is 12.2 Å². The van der Waals surface area contributed by atoms with Gasteiger partial charge >= 0.3 is 0 Å². The van der Waals surface area contributed by atoms with Crippen LogP contribution in [0.3, 0.4) is 0 Å². The molecule has 0 spiro atoms. The van der Waals surface area contributed by atoms with Gasteiger partial charge in [0.15, 0.2) is 0 Å². The lowest BCUT2D eigenvalue weighted by Crippen LogP contribution is -1.62. The van der Waals surface area contributed by atoms with Gasteiger partial charge in [0.1, 0.15) is 6.67 Å². The van der Waals surface area contributed by atoms with E-state index in [1.165, 1.54) is 6.42 Å². The fourth-order valence-electron chi connectivity index (χ4n) is 0.348. The minimum absolute atomic E-state index is 0.319. The van der Waals surface area contributed by atoms with Crippen LogP contribution in [0.5, 0.6) is 0 Å². The molecule has 0 fully saturated rings. The van der Waals surface area contributed by atoms with Gasteiger partial charge in [-0.05, 0) is 6.42 Å². The predicted octanol–water partition coefficient (Wildman–Crippen LogP) is 4.75. The molecule has 0 saturated carbocycles. The van der Waals surface area contributed by atoms with Crippen molar-refractivity contribution in [2.24, 2.45) is 0 Å². The van der Waals surface area contributed by atoms with Crippen LogP contribution >= 0.6 is 0 Å². The fraction of sp³-hybridized carbons (Fsp3) is 0.818. The Morgan fingerprint density at radius 2 is 1.42 bits per heavy atom. The van der Waals surface area contributed by atoms with E-state index in [0.717, 1.165) is 12.8 Å². The van der Waals surface area contributed by atoms with Crippen molar-refractivity contribution in [1.29, 1.82) is 0 Å². The third-order valence-electron chi connectivity index (χ3n) is 0.711. The molecule has 0 aliphatic heterocycles. The number of rotatable bonds is 3. The van der Waals surface area contributed by atoms with Crippen LogP contribution in [0.4, 0.5) is 4.39 Å². The van der Waals surface area contributed by atoms with Crippen LogP contribution in [0.1, 0.15) is 53.9 Å². The smallest absolute Gasteiger partial charge is 0.108 e. The highest BCUT2D eigenvalue weighted by atomic mass is 19.1. The van der Waals surface area contributed by atoms with Gasteiger partial charge in [-0.15, -0.1) is 0 Å². The zero-order valence-corrected chi connectivity index (χ0v) is 9.36. The predicted molar refractivity (Wildman–Crippen MR) is 57.3 cm³/mol. The summed E-state index contributed by atoms with van der Waals surface area (Å²) in [6, 6.07) is 0. The van der Waals surface area contributed by atoms with Crippen LogP contribution in [-0.2, 0) is 0 Å². The number of alkyl halides is 1. The van der Waals surface area contributed by atoms with E-state index >= 15 is 0 Å². The second-order valence-electron chi connectivity index (χ2n) is 2.12. The molecule has 1 heteroatoms. The maximum atomic E-state index is 11.2. The van der Waals surface area contributed by atoms with Crippen LogP contribution < -0.4 is 0 Å². The average molecular weight is 176 g/mol. The van der Waals surface area contributed by atoms with E-state index in [4.69, 9.17) is 0 Å². The molecule has 0 unspecified atom stereocenters. The zero-order chi connectivity index (χ0) is 10.2. The first-order valence-corrected chi connectivity index (χ1v) is 5.04. The summed E-state index contributed by atoms with van der Waals surface area (Å²) in [6.07, 6.45) is 6.77. The van der Waals surface area contributed by atoms with Gasteiger partial charge in [0.05, 0.1) is 0 Å². The lowest BCUT2D eigenvalue weighted by molar-refractivity contribution is 0.560. The molecule has 0 rings (SSSR count). The number of halogens is 1. The van der Waals surface area contributed by atoms with Gasteiger partial charge in [-0.25, -0.2) is 4.39 Å². The Hall–Kier alpha value is -0.330. The molecular weight excluding hydrogens is 151 g/mol. The monoisotopic (exact) mass is 176 g/mol. The first-order chi connectivity index (χ1) is 5.83. The maximum Gasteiger partial charge on any atom is 0.108 e. The molecule has 76 valence electrons. The molecule has 0 saturated heterocycles. The van der Waals surface area contributed by atoms with Crippen molar-refractivity contribution in [3.05, 3.63) is 12.2 Å². The SMILES string of the molecule is CC.CCC.CCC/C=C\CF. The fourth-order valence-corrected chi connectivity index (χ4v) is 0.348. The van der Waals surface area contributed by atoms with E-state index in [0.29, 0.717) is 0 Å². The molecule has 0 atom stereocenters. The van der Waals surface area contributed by atoms with Gasteiger partial charge in [0, 0.05) is 0 Å². The molecule has 0 aromatic heterocycles. The Balaban J connectivity index is -0.000000137. The summed E-state index contributed by atoms with van der Waals surface area (Å²) < 4.78 is 11.2. The molecule has 0 aromatic rings. The molecule has 0 heterocycles. The molecule has 0 radical (unpaired) electrons. The Morgan fingerprint density at radius 1 is 1.00 bits per heavy atom. The van der Waals surface area contributed by atoms with E-state index < -0.39 is 0 Å². The molecule has 0 nitrogen and oxygen atoms in total. The van der Waals surface area contributed by atoms with Gasteiger partial charge in [0.2, 0.25) is 0 Å². The maximum absolute atomic E-state index is 11.2. The summed E-state index contributed by atoms with van der Waals surface area (Å²) in [6.45, 7) is 10.0. The second kappa shape index (κ2) is 31.0. The van der Waals surface area contributed by atoms with Crippen LogP contribution in [0.2, 0.25) is 0 Å². The Bertz CT molecular complexity index is 58.0. The number of allylic oxidation sites excluding steroid dienone is 2. The Kier molecular flexibility index (Phi) is 45.7. The lowest BCUT2D eigenvalue weighted by Gasteiger charge is -1.78. The zero-order valence-electron chi connectivity index (χ0n) is 9.36. The van der Waals surface area contributed by atoms with Gasteiger partial charge < -0.3 is 0 Å². The topological polar surface area (TPSA) is 0 Å². The van der Waals surface area contributed by atoms with Crippen molar-refractivity contribution in [2.45, 2.75) is 53.9 Å². The minimum atomic E-state index is -0.319.